The molecule has 29 heavy (non-hydrogen) atoms. The molecule has 0 aliphatic carbocycles. The Labute approximate surface area is 186 Å². The fraction of sp³-hybridized carbons (Fsp3) is 0.238. The summed E-state index contributed by atoms with van der Waals surface area (Å²) in [4.78, 5) is 4.18. The minimum absolute atomic E-state index is 0. The zero-order chi connectivity index (χ0) is 19.8. The number of aliphatic imine (C=N–C) groups is 1. The lowest BCUT2D eigenvalue weighted by Crippen LogP contribution is -2.41. The van der Waals surface area contributed by atoms with Gasteiger partial charge in [-0.3, -0.25) is 4.99 Å². The van der Waals surface area contributed by atoms with Crippen molar-refractivity contribution in [1.29, 1.82) is 0 Å². The molecule has 2 aromatic carbocycles. The van der Waals surface area contributed by atoms with E-state index in [0.29, 0.717) is 24.8 Å². The SMILES string of the molecule is CN=C(NCc1cc(-c2ccccc2)on1)NCC(C)Oc1cccc(F)c1.I. The van der Waals surface area contributed by atoms with Crippen molar-refractivity contribution in [3.8, 4) is 17.1 Å². The third-order valence-corrected chi connectivity index (χ3v) is 3.97. The van der Waals surface area contributed by atoms with Crippen LogP contribution >= 0.6 is 24.0 Å². The molecule has 0 saturated heterocycles. The molecule has 0 saturated carbocycles. The summed E-state index contributed by atoms with van der Waals surface area (Å²) < 4.78 is 24.3. The predicted octanol–water partition coefficient (Wildman–Crippen LogP) is 4.23. The molecular formula is C21H24FIN4O2. The van der Waals surface area contributed by atoms with Crippen molar-refractivity contribution in [1.82, 2.24) is 15.8 Å². The summed E-state index contributed by atoms with van der Waals surface area (Å²) in [6.07, 6.45) is -0.169. The van der Waals surface area contributed by atoms with Crippen LogP contribution in [0.4, 0.5) is 4.39 Å². The molecule has 3 aromatic rings. The summed E-state index contributed by atoms with van der Waals surface area (Å²) in [5.41, 5.74) is 1.75. The van der Waals surface area contributed by atoms with E-state index in [1.165, 1.54) is 12.1 Å². The summed E-state index contributed by atoms with van der Waals surface area (Å²) in [6.45, 7) is 2.87. The van der Waals surface area contributed by atoms with E-state index in [1.807, 2.05) is 43.3 Å². The highest BCUT2D eigenvalue weighted by molar-refractivity contribution is 14.0. The van der Waals surface area contributed by atoms with E-state index < -0.39 is 0 Å². The highest BCUT2D eigenvalue weighted by Gasteiger charge is 2.09. The first-order chi connectivity index (χ1) is 13.6. The minimum Gasteiger partial charge on any atom is -0.489 e. The van der Waals surface area contributed by atoms with Crippen LogP contribution in [0, 0.1) is 5.82 Å². The Hall–Kier alpha value is -2.62. The van der Waals surface area contributed by atoms with Crippen LogP contribution in [-0.4, -0.2) is 30.8 Å². The van der Waals surface area contributed by atoms with E-state index >= 15 is 0 Å². The second kappa shape index (κ2) is 11.4. The minimum atomic E-state index is -0.322. The molecule has 1 atom stereocenters. The van der Waals surface area contributed by atoms with Crippen molar-refractivity contribution in [3.63, 3.8) is 0 Å². The number of halogens is 2. The van der Waals surface area contributed by atoms with Crippen LogP contribution < -0.4 is 15.4 Å². The Morgan fingerprint density at radius 1 is 1.14 bits per heavy atom. The summed E-state index contributed by atoms with van der Waals surface area (Å²) in [7, 11) is 1.69. The van der Waals surface area contributed by atoms with Gasteiger partial charge in [0.25, 0.3) is 0 Å². The van der Waals surface area contributed by atoms with Crippen molar-refractivity contribution >= 4 is 29.9 Å². The van der Waals surface area contributed by atoms with Crippen LogP contribution in [0.15, 0.2) is 70.2 Å². The van der Waals surface area contributed by atoms with Crippen LogP contribution in [0.5, 0.6) is 5.75 Å². The lowest BCUT2D eigenvalue weighted by molar-refractivity contribution is 0.223. The quantitative estimate of drug-likeness (QED) is 0.283. The van der Waals surface area contributed by atoms with E-state index in [2.05, 4.69) is 20.8 Å². The first kappa shape index (κ1) is 22.7. The van der Waals surface area contributed by atoms with E-state index in [1.54, 1.807) is 19.2 Å². The molecule has 6 nitrogen and oxygen atoms in total. The second-order valence-electron chi connectivity index (χ2n) is 6.24. The fourth-order valence-corrected chi connectivity index (χ4v) is 2.58. The smallest absolute Gasteiger partial charge is 0.191 e. The van der Waals surface area contributed by atoms with Crippen LogP contribution in [0.25, 0.3) is 11.3 Å². The van der Waals surface area contributed by atoms with Crippen molar-refractivity contribution in [3.05, 3.63) is 72.2 Å². The molecule has 0 aliphatic rings. The van der Waals surface area contributed by atoms with Crippen molar-refractivity contribution in [2.75, 3.05) is 13.6 Å². The summed E-state index contributed by atoms with van der Waals surface area (Å²) in [5.74, 6) is 1.50. The van der Waals surface area contributed by atoms with Gasteiger partial charge in [-0.1, -0.05) is 41.6 Å². The second-order valence-corrected chi connectivity index (χ2v) is 6.24. The number of hydrogen-bond acceptors (Lipinski definition) is 4. The molecular weight excluding hydrogens is 486 g/mol. The molecule has 0 fully saturated rings. The van der Waals surface area contributed by atoms with E-state index in [9.17, 15) is 4.39 Å². The van der Waals surface area contributed by atoms with Gasteiger partial charge in [0.15, 0.2) is 11.7 Å². The summed E-state index contributed by atoms with van der Waals surface area (Å²) >= 11 is 0. The largest absolute Gasteiger partial charge is 0.489 e. The van der Waals surface area contributed by atoms with Gasteiger partial charge < -0.3 is 19.9 Å². The van der Waals surface area contributed by atoms with Gasteiger partial charge in [-0.05, 0) is 19.1 Å². The molecule has 1 aromatic heterocycles. The molecule has 0 amide bonds. The number of rotatable bonds is 7. The van der Waals surface area contributed by atoms with E-state index in [4.69, 9.17) is 9.26 Å². The molecule has 0 spiro atoms. The number of hydrogen-bond donors (Lipinski definition) is 2. The average Bonchev–Trinajstić information content (AvgIpc) is 3.18. The third kappa shape index (κ3) is 7.04. The number of benzene rings is 2. The van der Waals surface area contributed by atoms with Gasteiger partial charge in [-0.2, -0.15) is 0 Å². The monoisotopic (exact) mass is 510 g/mol. The number of aromatic nitrogens is 1. The zero-order valence-electron chi connectivity index (χ0n) is 16.3. The highest BCUT2D eigenvalue weighted by atomic mass is 127. The Balaban J connectivity index is 0.00000300. The van der Waals surface area contributed by atoms with Gasteiger partial charge in [-0.15, -0.1) is 24.0 Å². The molecule has 1 unspecified atom stereocenters. The fourth-order valence-electron chi connectivity index (χ4n) is 2.58. The third-order valence-electron chi connectivity index (χ3n) is 3.97. The average molecular weight is 510 g/mol. The topological polar surface area (TPSA) is 71.7 Å². The van der Waals surface area contributed by atoms with Gasteiger partial charge in [0.2, 0.25) is 0 Å². The highest BCUT2D eigenvalue weighted by Crippen LogP contribution is 2.19. The van der Waals surface area contributed by atoms with Gasteiger partial charge >= 0.3 is 0 Å². The normalized spacial score (nSPS) is 12.0. The molecule has 0 bridgehead atoms. The molecule has 154 valence electrons. The number of guanidine groups is 1. The first-order valence-electron chi connectivity index (χ1n) is 9.02. The van der Waals surface area contributed by atoms with Crippen molar-refractivity contribution < 1.29 is 13.7 Å². The van der Waals surface area contributed by atoms with Crippen LogP contribution in [0.2, 0.25) is 0 Å². The Morgan fingerprint density at radius 3 is 2.66 bits per heavy atom. The van der Waals surface area contributed by atoms with Crippen molar-refractivity contribution in [2.24, 2.45) is 4.99 Å². The maximum Gasteiger partial charge on any atom is 0.191 e. The first-order valence-corrected chi connectivity index (χ1v) is 9.02. The lowest BCUT2D eigenvalue weighted by Gasteiger charge is -2.17. The Kier molecular flexibility index (Phi) is 8.91. The zero-order valence-corrected chi connectivity index (χ0v) is 18.6. The maximum atomic E-state index is 13.2. The molecule has 0 radical (unpaired) electrons. The number of ether oxygens (including phenoxy) is 1. The van der Waals surface area contributed by atoms with Gasteiger partial charge in [0.05, 0.1) is 13.1 Å². The molecule has 1 heterocycles. The lowest BCUT2D eigenvalue weighted by atomic mass is 10.2. The van der Waals surface area contributed by atoms with Crippen LogP contribution in [-0.2, 0) is 6.54 Å². The van der Waals surface area contributed by atoms with Gasteiger partial charge in [-0.25, -0.2) is 4.39 Å². The number of nitrogens with zero attached hydrogens (tertiary/aromatic N) is 2. The summed E-state index contributed by atoms with van der Waals surface area (Å²) in [5, 5.41) is 10.4. The van der Waals surface area contributed by atoms with Crippen molar-refractivity contribution in [2.45, 2.75) is 19.6 Å². The predicted molar refractivity (Wildman–Crippen MR) is 122 cm³/mol. The van der Waals surface area contributed by atoms with E-state index in [0.717, 1.165) is 17.0 Å². The van der Waals surface area contributed by atoms with Gasteiger partial charge in [0.1, 0.15) is 23.4 Å². The Bertz CT molecular complexity index is 918. The summed E-state index contributed by atoms with van der Waals surface area (Å²) in [6, 6.07) is 17.8. The number of nitrogens with one attached hydrogen (secondary N) is 2. The Morgan fingerprint density at radius 2 is 1.93 bits per heavy atom. The van der Waals surface area contributed by atoms with Gasteiger partial charge in [0, 0.05) is 24.7 Å². The van der Waals surface area contributed by atoms with Crippen LogP contribution in [0.1, 0.15) is 12.6 Å². The molecule has 8 heteroatoms. The molecule has 3 rings (SSSR count). The standard InChI is InChI=1S/C21H23FN4O2.HI/c1-15(27-19-10-6-9-17(22)11-19)13-24-21(23-2)25-14-18-12-20(28-26-18)16-7-4-3-5-8-16;/h3-12,15H,13-14H2,1-2H3,(H2,23,24,25);1H. The van der Waals surface area contributed by atoms with E-state index in [-0.39, 0.29) is 35.9 Å². The maximum absolute atomic E-state index is 13.2. The molecule has 0 aliphatic heterocycles. The molecule has 2 N–H and O–H groups in total. The van der Waals surface area contributed by atoms with Crippen LogP contribution in [0.3, 0.4) is 0 Å².